The van der Waals surface area contributed by atoms with Crippen LogP contribution in [0.1, 0.15) is 26.5 Å². The zero-order valence-electron chi connectivity index (χ0n) is 8.68. The van der Waals surface area contributed by atoms with Crippen molar-refractivity contribution in [2.24, 2.45) is 0 Å². The van der Waals surface area contributed by atoms with Crippen molar-refractivity contribution >= 4 is 11.3 Å². The van der Waals surface area contributed by atoms with E-state index in [-0.39, 0.29) is 10.6 Å². The minimum atomic E-state index is -4.31. The third-order valence-corrected chi connectivity index (χ3v) is 2.36. The van der Waals surface area contributed by atoms with Crippen LogP contribution in [0.25, 0.3) is 0 Å². The monoisotopic (exact) mass is 239 g/mol. The molecule has 1 aromatic heterocycles. The molecule has 2 nitrogen and oxygen atoms in total. The van der Waals surface area contributed by atoms with Crippen molar-refractivity contribution in [2.75, 3.05) is 6.61 Å². The first-order valence-electron chi connectivity index (χ1n) is 4.34. The number of hydrogen-bond acceptors (Lipinski definition) is 3. The first-order chi connectivity index (χ1) is 6.68. The Morgan fingerprint density at radius 1 is 1.33 bits per heavy atom. The molecular formula is C9H12F3NOS. The predicted octanol–water partition coefficient (Wildman–Crippen LogP) is 3.38. The summed E-state index contributed by atoms with van der Waals surface area (Å²) in [4.78, 5) is 3.98. The number of ether oxygens (including phenoxy) is 1. The molecule has 0 aliphatic heterocycles. The van der Waals surface area contributed by atoms with E-state index in [2.05, 4.69) is 9.72 Å². The molecule has 0 bridgehead atoms. The van der Waals surface area contributed by atoms with Crippen LogP contribution in [0.3, 0.4) is 0 Å². The molecule has 6 heteroatoms. The van der Waals surface area contributed by atoms with E-state index in [0.29, 0.717) is 0 Å². The lowest BCUT2D eigenvalue weighted by molar-refractivity contribution is -0.153. The average molecular weight is 239 g/mol. The Bertz CT molecular complexity index is 327. The van der Waals surface area contributed by atoms with E-state index in [1.165, 1.54) is 0 Å². The van der Waals surface area contributed by atoms with Crippen LogP contribution in [0.2, 0.25) is 0 Å². The van der Waals surface area contributed by atoms with Gasteiger partial charge in [-0.3, -0.25) is 0 Å². The summed E-state index contributed by atoms with van der Waals surface area (Å²) in [6, 6.07) is 0. The maximum absolute atomic E-state index is 11.8. The Morgan fingerprint density at radius 3 is 2.33 bits per heavy atom. The molecule has 0 fully saturated rings. The summed E-state index contributed by atoms with van der Waals surface area (Å²) in [5.41, 5.74) is 0.570. The Kier molecular flexibility index (Phi) is 3.28. The van der Waals surface area contributed by atoms with Crippen LogP contribution >= 0.6 is 11.3 Å². The maximum Gasteiger partial charge on any atom is 0.422 e. The van der Waals surface area contributed by atoms with E-state index in [1.54, 1.807) is 5.38 Å². The van der Waals surface area contributed by atoms with Crippen LogP contribution in [0, 0.1) is 0 Å². The molecule has 0 aliphatic rings. The van der Waals surface area contributed by atoms with Crippen molar-refractivity contribution in [1.82, 2.24) is 4.98 Å². The second kappa shape index (κ2) is 4.00. The number of nitrogens with zero attached hydrogens (tertiary/aromatic N) is 1. The second-order valence-corrected chi connectivity index (χ2v) is 4.97. The first-order valence-corrected chi connectivity index (χ1v) is 5.22. The molecule has 15 heavy (non-hydrogen) atoms. The Hall–Kier alpha value is -0.780. The van der Waals surface area contributed by atoms with Crippen LogP contribution in [-0.4, -0.2) is 17.8 Å². The molecule has 0 saturated heterocycles. The van der Waals surface area contributed by atoms with Gasteiger partial charge in [0.05, 0.1) is 5.69 Å². The van der Waals surface area contributed by atoms with E-state index in [9.17, 15) is 13.2 Å². The van der Waals surface area contributed by atoms with Crippen molar-refractivity contribution in [3.05, 3.63) is 11.1 Å². The summed E-state index contributed by atoms with van der Waals surface area (Å²) in [5.74, 6) is 0. The Balaban J connectivity index is 2.62. The van der Waals surface area contributed by atoms with E-state index < -0.39 is 12.8 Å². The van der Waals surface area contributed by atoms with Gasteiger partial charge in [0.25, 0.3) is 5.19 Å². The molecular weight excluding hydrogens is 227 g/mol. The van der Waals surface area contributed by atoms with E-state index in [4.69, 9.17) is 0 Å². The lowest BCUT2D eigenvalue weighted by Gasteiger charge is -2.14. The standard InChI is InChI=1S/C9H12F3NOS/c1-8(2,3)6-4-15-7(13-6)14-5-9(10,11)12/h4H,5H2,1-3H3. The van der Waals surface area contributed by atoms with Gasteiger partial charge >= 0.3 is 6.18 Å². The van der Waals surface area contributed by atoms with Crippen molar-refractivity contribution in [1.29, 1.82) is 0 Å². The molecule has 0 atom stereocenters. The molecule has 1 rings (SSSR count). The zero-order valence-corrected chi connectivity index (χ0v) is 9.50. The molecule has 0 N–H and O–H groups in total. The number of hydrogen-bond donors (Lipinski definition) is 0. The van der Waals surface area contributed by atoms with Gasteiger partial charge in [-0.25, -0.2) is 4.98 Å². The van der Waals surface area contributed by atoms with E-state index in [1.807, 2.05) is 20.8 Å². The van der Waals surface area contributed by atoms with Crippen LogP contribution in [0.5, 0.6) is 5.19 Å². The number of rotatable bonds is 2. The molecule has 1 heterocycles. The molecule has 0 saturated carbocycles. The third-order valence-electron chi connectivity index (χ3n) is 1.61. The lowest BCUT2D eigenvalue weighted by Crippen LogP contribution is -2.19. The first kappa shape index (κ1) is 12.3. The van der Waals surface area contributed by atoms with Crippen molar-refractivity contribution in [3.63, 3.8) is 0 Å². The molecule has 0 spiro atoms. The number of alkyl halides is 3. The Labute approximate surface area is 90.1 Å². The number of halogens is 3. The molecule has 0 aromatic carbocycles. The summed E-state index contributed by atoms with van der Waals surface area (Å²) in [6.45, 7) is 4.53. The lowest BCUT2D eigenvalue weighted by atomic mass is 9.93. The smallest absolute Gasteiger partial charge is 0.422 e. The molecule has 0 radical (unpaired) electrons. The van der Waals surface area contributed by atoms with Crippen molar-refractivity contribution in [3.8, 4) is 5.19 Å². The quantitative estimate of drug-likeness (QED) is 0.789. The molecule has 86 valence electrons. The summed E-state index contributed by atoms with van der Waals surface area (Å²) in [5, 5.41) is 1.78. The zero-order chi connectivity index (χ0) is 11.7. The fraction of sp³-hybridized carbons (Fsp3) is 0.667. The van der Waals surface area contributed by atoms with Gasteiger partial charge in [-0.05, 0) is 0 Å². The molecule has 1 aromatic rings. The molecule has 0 amide bonds. The van der Waals surface area contributed by atoms with Gasteiger partial charge in [0.15, 0.2) is 6.61 Å². The fourth-order valence-corrected chi connectivity index (χ4v) is 1.71. The highest BCUT2D eigenvalue weighted by Gasteiger charge is 2.29. The Morgan fingerprint density at radius 2 is 1.93 bits per heavy atom. The molecule has 0 unspecified atom stereocenters. The van der Waals surface area contributed by atoms with Gasteiger partial charge in [0.1, 0.15) is 0 Å². The highest BCUT2D eigenvalue weighted by molar-refractivity contribution is 7.11. The maximum atomic E-state index is 11.8. The topological polar surface area (TPSA) is 22.1 Å². The fourth-order valence-electron chi connectivity index (χ4n) is 0.812. The van der Waals surface area contributed by atoms with Gasteiger partial charge in [-0.15, -0.1) is 0 Å². The SMILES string of the molecule is CC(C)(C)c1csc(OCC(F)(F)F)n1. The number of thiazole rings is 1. The van der Waals surface area contributed by atoms with Crippen LogP contribution in [-0.2, 0) is 5.41 Å². The van der Waals surface area contributed by atoms with Gasteiger partial charge in [-0.1, -0.05) is 32.1 Å². The minimum absolute atomic E-state index is 0.0669. The molecule has 0 aliphatic carbocycles. The normalized spacial score (nSPS) is 12.9. The second-order valence-electron chi connectivity index (χ2n) is 4.15. The summed E-state index contributed by atoms with van der Waals surface area (Å²) in [7, 11) is 0. The van der Waals surface area contributed by atoms with Crippen molar-refractivity contribution in [2.45, 2.75) is 32.4 Å². The highest BCUT2D eigenvalue weighted by Crippen LogP contribution is 2.28. The van der Waals surface area contributed by atoms with Crippen LogP contribution in [0.15, 0.2) is 5.38 Å². The third kappa shape index (κ3) is 4.07. The predicted molar refractivity (Wildman–Crippen MR) is 52.4 cm³/mol. The number of aromatic nitrogens is 1. The minimum Gasteiger partial charge on any atom is -0.460 e. The van der Waals surface area contributed by atoms with Crippen LogP contribution < -0.4 is 4.74 Å². The van der Waals surface area contributed by atoms with Gasteiger partial charge in [0, 0.05) is 10.8 Å². The summed E-state index contributed by atoms with van der Waals surface area (Å²) >= 11 is 1.08. The highest BCUT2D eigenvalue weighted by atomic mass is 32.1. The summed E-state index contributed by atoms with van der Waals surface area (Å²) < 4.78 is 40.0. The van der Waals surface area contributed by atoms with Gasteiger partial charge in [0.2, 0.25) is 0 Å². The van der Waals surface area contributed by atoms with Crippen LogP contribution in [0.4, 0.5) is 13.2 Å². The van der Waals surface area contributed by atoms with Gasteiger partial charge in [-0.2, -0.15) is 13.2 Å². The summed E-state index contributed by atoms with van der Waals surface area (Å²) in [6.07, 6.45) is -4.31. The van der Waals surface area contributed by atoms with Crippen molar-refractivity contribution < 1.29 is 17.9 Å². The van der Waals surface area contributed by atoms with E-state index >= 15 is 0 Å². The van der Waals surface area contributed by atoms with Gasteiger partial charge < -0.3 is 4.74 Å². The average Bonchev–Trinajstić information content (AvgIpc) is 2.45. The van der Waals surface area contributed by atoms with E-state index in [0.717, 1.165) is 17.0 Å². The largest absolute Gasteiger partial charge is 0.460 e.